The summed E-state index contributed by atoms with van der Waals surface area (Å²) in [5.74, 6) is 0.332. The Bertz CT molecular complexity index is 2620. The van der Waals surface area contributed by atoms with Crippen LogP contribution in [0.1, 0.15) is 96.0 Å². The molecule has 0 saturated heterocycles. The SMILES string of the molecule is C=C\C=C/C=C\C=C1\C=C/CC(C)c2ccccc2C12C(=C)c1ccccc1/C=C\Cc1ccc(C3=CC=C(/C(=C/Cc4ccccc4)N=N)CC3)cc12.CC.Cc1ccccc1. The third kappa shape index (κ3) is 10.8. The number of allylic oxidation sites excluding steroid dienone is 16. The first-order valence-corrected chi connectivity index (χ1v) is 22.5. The van der Waals surface area contributed by atoms with Gasteiger partial charge in [-0.25, -0.2) is 5.53 Å². The Morgan fingerprint density at radius 2 is 1.48 bits per heavy atom. The van der Waals surface area contributed by atoms with Crippen LogP contribution in [0, 0.1) is 12.5 Å². The molecule has 0 amide bonds. The van der Waals surface area contributed by atoms with Gasteiger partial charge in [-0.05, 0) is 118 Å². The van der Waals surface area contributed by atoms with Crippen LogP contribution in [-0.2, 0) is 18.3 Å². The molecule has 0 radical (unpaired) electrons. The fourth-order valence-corrected chi connectivity index (χ4v) is 8.86. The molecule has 0 aromatic heterocycles. The lowest BCUT2D eigenvalue weighted by Crippen LogP contribution is -2.35. The van der Waals surface area contributed by atoms with Gasteiger partial charge in [0, 0.05) is 0 Å². The zero-order valence-electron chi connectivity index (χ0n) is 37.6. The number of fused-ring (bicyclic) bond motifs is 5. The number of benzene rings is 5. The molecule has 2 heteroatoms. The van der Waals surface area contributed by atoms with E-state index in [1.165, 1.54) is 55.7 Å². The number of hydrogen-bond acceptors (Lipinski definition) is 2. The van der Waals surface area contributed by atoms with Crippen molar-refractivity contribution in [3.05, 3.63) is 280 Å². The van der Waals surface area contributed by atoms with Gasteiger partial charge in [0.15, 0.2) is 0 Å². The van der Waals surface area contributed by atoms with Gasteiger partial charge >= 0.3 is 0 Å². The van der Waals surface area contributed by atoms with Crippen molar-refractivity contribution in [1.82, 2.24) is 0 Å². The minimum atomic E-state index is -0.685. The molecule has 1 spiro atoms. The van der Waals surface area contributed by atoms with Crippen molar-refractivity contribution in [2.75, 3.05) is 0 Å². The predicted molar refractivity (Wildman–Crippen MR) is 272 cm³/mol. The Kier molecular flexibility index (Phi) is 16.5. The molecule has 3 aliphatic carbocycles. The summed E-state index contributed by atoms with van der Waals surface area (Å²) in [5, 5.41) is 3.96. The van der Waals surface area contributed by atoms with Gasteiger partial charge in [0.25, 0.3) is 0 Å². The van der Waals surface area contributed by atoms with Crippen LogP contribution in [0.5, 0.6) is 0 Å². The summed E-state index contributed by atoms with van der Waals surface area (Å²) in [5.41, 5.74) is 24.0. The van der Waals surface area contributed by atoms with Crippen LogP contribution in [0.3, 0.4) is 0 Å². The number of aryl methyl sites for hydroxylation is 1. The summed E-state index contributed by atoms with van der Waals surface area (Å²) in [6.07, 6.45) is 32.3. The summed E-state index contributed by atoms with van der Waals surface area (Å²) in [6.45, 7) is 17.4. The number of hydrogen-bond donors (Lipinski definition) is 1. The summed E-state index contributed by atoms with van der Waals surface area (Å²) < 4.78 is 0. The third-order valence-corrected chi connectivity index (χ3v) is 12.0. The normalized spacial score (nSPS) is 19.7. The van der Waals surface area contributed by atoms with Crippen LogP contribution in [-0.4, -0.2) is 0 Å². The fourth-order valence-electron chi connectivity index (χ4n) is 8.86. The molecule has 63 heavy (non-hydrogen) atoms. The van der Waals surface area contributed by atoms with Crippen LogP contribution in [0.4, 0.5) is 0 Å². The molecule has 0 heterocycles. The Labute approximate surface area is 377 Å². The lowest BCUT2D eigenvalue weighted by molar-refractivity contribution is 0.704. The van der Waals surface area contributed by atoms with E-state index in [0.29, 0.717) is 5.92 Å². The second-order valence-corrected chi connectivity index (χ2v) is 16.0. The third-order valence-electron chi connectivity index (χ3n) is 12.0. The topological polar surface area (TPSA) is 36.2 Å². The van der Waals surface area contributed by atoms with Crippen LogP contribution >= 0.6 is 0 Å². The molecule has 0 saturated carbocycles. The van der Waals surface area contributed by atoms with E-state index in [-0.39, 0.29) is 0 Å². The van der Waals surface area contributed by atoms with Crippen LogP contribution in [0.15, 0.2) is 235 Å². The first-order valence-electron chi connectivity index (χ1n) is 22.5. The van der Waals surface area contributed by atoms with Crippen molar-refractivity contribution < 1.29 is 0 Å². The van der Waals surface area contributed by atoms with E-state index >= 15 is 0 Å². The summed E-state index contributed by atoms with van der Waals surface area (Å²) in [4.78, 5) is 0. The van der Waals surface area contributed by atoms with Gasteiger partial charge in [0.1, 0.15) is 0 Å². The highest BCUT2D eigenvalue weighted by atomic mass is 15.0. The molecule has 5 aromatic rings. The lowest BCUT2D eigenvalue weighted by Gasteiger charge is -2.43. The molecule has 1 N–H and O–H groups in total. The molecule has 2 atom stereocenters. The number of nitrogens with one attached hydrogen (secondary N) is 1. The van der Waals surface area contributed by atoms with Gasteiger partial charge in [-0.2, -0.15) is 5.11 Å². The average molecular weight is 823 g/mol. The van der Waals surface area contributed by atoms with E-state index in [9.17, 15) is 0 Å². The van der Waals surface area contributed by atoms with E-state index in [1.54, 1.807) is 6.08 Å². The van der Waals surface area contributed by atoms with Gasteiger partial charge < -0.3 is 0 Å². The summed E-state index contributed by atoms with van der Waals surface area (Å²) >= 11 is 0. The zero-order valence-corrected chi connectivity index (χ0v) is 37.6. The second-order valence-electron chi connectivity index (χ2n) is 16.0. The smallest absolute Gasteiger partial charge is 0.0845 e. The maximum atomic E-state index is 7.98. The highest BCUT2D eigenvalue weighted by molar-refractivity contribution is 5.89. The van der Waals surface area contributed by atoms with Crippen LogP contribution in [0.25, 0.3) is 17.2 Å². The first-order chi connectivity index (χ1) is 30.9. The van der Waals surface area contributed by atoms with Gasteiger partial charge in [-0.15, -0.1) is 0 Å². The number of rotatable bonds is 8. The largest absolute Gasteiger partial charge is 0.204 e. The van der Waals surface area contributed by atoms with Crippen molar-refractivity contribution >= 4 is 17.2 Å². The lowest BCUT2D eigenvalue weighted by atomic mass is 9.59. The molecule has 2 unspecified atom stereocenters. The first kappa shape index (κ1) is 45.6. The predicted octanol–water partition coefficient (Wildman–Crippen LogP) is 16.8. The maximum Gasteiger partial charge on any atom is 0.0845 e. The monoisotopic (exact) mass is 822 g/mol. The molecule has 8 rings (SSSR count). The minimum Gasteiger partial charge on any atom is -0.204 e. The second kappa shape index (κ2) is 22.8. The van der Waals surface area contributed by atoms with Gasteiger partial charge in [-0.3, -0.25) is 0 Å². The Balaban J connectivity index is 0.000000661. The number of nitrogens with zero attached hydrogens (tertiary/aromatic N) is 1. The molecular weight excluding hydrogens is 761 g/mol. The average Bonchev–Trinajstić information content (AvgIpc) is 3.38. The van der Waals surface area contributed by atoms with E-state index in [0.717, 1.165) is 54.5 Å². The fraction of sp³-hybridized carbons (Fsp3) is 0.180. The summed E-state index contributed by atoms with van der Waals surface area (Å²) in [6, 6.07) is 45.5. The van der Waals surface area contributed by atoms with E-state index in [4.69, 9.17) is 12.1 Å². The molecule has 316 valence electrons. The zero-order chi connectivity index (χ0) is 44.4. The minimum absolute atomic E-state index is 0.332. The van der Waals surface area contributed by atoms with Gasteiger partial charge in [0.2, 0.25) is 0 Å². The van der Waals surface area contributed by atoms with Gasteiger partial charge in [0.05, 0.1) is 11.1 Å². The van der Waals surface area contributed by atoms with Gasteiger partial charge in [-0.1, -0.05) is 240 Å². The molecule has 2 nitrogen and oxygen atoms in total. The Morgan fingerprint density at radius 1 is 0.762 bits per heavy atom. The molecule has 0 bridgehead atoms. The van der Waals surface area contributed by atoms with Crippen molar-refractivity contribution in [1.29, 1.82) is 5.53 Å². The molecule has 5 aromatic carbocycles. The van der Waals surface area contributed by atoms with Crippen molar-refractivity contribution in [3.63, 3.8) is 0 Å². The van der Waals surface area contributed by atoms with Crippen molar-refractivity contribution in [2.24, 2.45) is 5.11 Å². The van der Waals surface area contributed by atoms with Crippen LogP contribution < -0.4 is 0 Å². The molecule has 3 aliphatic rings. The van der Waals surface area contributed by atoms with Crippen molar-refractivity contribution in [3.8, 4) is 0 Å². The Hall–Kier alpha value is -6.90. The molecule has 0 aliphatic heterocycles. The van der Waals surface area contributed by atoms with Crippen LogP contribution in [0.2, 0.25) is 0 Å². The summed E-state index contributed by atoms with van der Waals surface area (Å²) in [7, 11) is 0. The highest BCUT2D eigenvalue weighted by Gasteiger charge is 2.45. The maximum absolute atomic E-state index is 7.98. The van der Waals surface area contributed by atoms with E-state index < -0.39 is 5.41 Å². The standard InChI is InChI=1S/C52H48N2.C7H8.C2H6/c1-4-5-6-7-11-24-46-25-16-18-38(2)47-26-14-15-28-49(47)52(46)39(3)48-27-13-12-21-42(48)22-17-23-43-32-35-45(37-50(43)52)41-30-33-44(34-31-41)51(54-53)36-29-40-19-9-8-10-20-40;1-7-5-3-2-4-6-7;1-2/h4-17,19-22,24-28,30,32-33,35-38,53H,1,3,18,23,29,31,34H2,2H3;2-6H,1H3;1-2H3/b6-5-,11-7-,22-17-,25-16-,46-24-,51-36-,54-53?;;. The highest BCUT2D eigenvalue weighted by Crippen LogP contribution is 2.55. The van der Waals surface area contributed by atoms with Crippen molar-refractivity contribution in [2.45, 2.75) is 71.1 Å². The molecule has 0 fully saturated rings. The van der Waals surface area contributed by atoms with E-state index in [1.807, 2.05) is 50.3 Å². The quantitative estimate of drug-likeness (QED) is 0.120. The Morgan fingerprint density at radius 3 is 2.19 bits per heavy atom. The molecular formula is C61H62N2. The van der Waals surface area contributed by atoms with E-state index in [2.05, 4.69) is 189 Å².